The maximum Gasteiger partial charge on any atom is 0.244 e. The number of nitrogens with zero attached hydrogens (tertiary/aromatic N) is 3. The second kappa shape index (κ2) is 9.51. The topological polar surface area (TPSA) is 85.7 Å². The standard InChI is InChI=1S/C23H23FN4O4/c1-27(13-18-15-31-20-8-4-5-9-21(20)32-18)23(30)14-28-12-17(11-25-28)26-22(29)10-16-6-2-3-7-19(16)24/h2-9,11-12,18H,10,13-15H2,1H3,(H,26,29)/t18-/m1/s1. The minimum atomic E-state index is -0.428. The molecule has 2 amide bonds. The van der Waals surface area contributed by atoms with Crippen LogP contribution in [0, 0.1) is 5.82 Å². The molecule has 0 saturated carbocycles. The van der Waals surface area contributed by atoms with E-state index in [9.17, 15) is 14.0 Å². The summed E-state index contributed by atoms with van der Waals surface area (Å²) in [7, 11) is 1.69. The van der Waals surface area contributed by atoms with E-state index in [0.29, 0.717) is 35.9 Å². The summed E-state index contributed by atoms with van der Waals surface area (Å²) in [5, 5.41) is 6.78. The van der Waals surface area contributed by atoms with Crippen LogP contribution in [0.25, 0.3) is 0 Å². The van der Waals surface area contributed by atoms with Gasteiger partial charge in [0, 0.05) is 13.2 Å². The van der Waals surface area contributed by atoms with E-state index < -0.39 is 5.82 Å². The van der Waals surface area contributed by atoms with Crippen LogP contribution in [-0.4, -0.2) is 52.8 Å². The molecule has 32 heavy (non-hydrogen) atoms. The van der Waals surface area contributed by atoms with E-state index in [0.717, 1.165) is 0 Å². The Balaban J connectivity index is 1.27. The number of halogens is 1. The number of likely N-dealkylation sites (N-methyl/N-ethyl adjacent to an activating group) is 1. The number of carbonyl (C=O) groups excluding carboxylic acids is 2. The lowest BCUT2D eigenvalue weighted by atomic mass is 10.1. The fourth-order valence-electron chi connectivity index (χ4n) is 3.35. The highest BCUT2D eigenvalue weighted by Crippen LogP contribution is 2.30. The summed E-state index contributed by atoms with van der Waals surface area (Å²) in [6, 6.07) is 13.5. The van der Waals surface area contributed by atoms with Gasteiger partial charge in [-0.3, -0.25) is 14.3 Å². The molecule has 8 nitrogen and oxygen atoms in total. The number of hydrogen-bond acceptors (Lipinski definition) is 5. The Morgan fingerprint density at radius 1 is 1.19 bits per heavy atom. The Hall–Kier alpha value is -3.88. The van der Waals surface area contributed by atoms with Crippen molar-refractivity contribution in [2.24, 2.45) is 0 Å². The van der Waals surface area contributed by atoms with E-state index in [2.05, 4.69) is 10.4 Å². The highest BCUT2D eigenvalue weighted by atomic mass is 19.1. The van der Waals surface area contributed by atoms with Crippen LogP contribution in [-0.2, 0) is 22.6 Å². The van der Waals surface area contributed by atoms with Gasteiger partial charge in [-0.25, -0.2) is 4.39 Å². The third kappa shape index (κ3) is 5.23. The van der Waals surface area contributed by atoms with Crippen molar-refractivity contribution >= 4 is 17.5 Å². The molecule has 4 rings (SSSR count). The summed E-state index contributed by atoms with van der Waals surface area (Å²) < 4.78 is 26.7. The van der Waals surface area contributed by atoms with Crippen LogP contribution in [0.1, 0.15) is 5.56 Å². The van der Waals surface area contributed by atoms with Crippen molar-refractivity contribution in [3.8, 4) is 11.5 Å². The molecule has 1 N–H and O–H groups in total. The van der Waals surface area contributed by atoms with Gasteiger partial charge in [0.2, 0.25) is 11.8 Å². The molecule has 1 aliphatic rings. The first-order valence-corrected chi connectivity index (χ1v) is 10.2. The lowest BCUT2D eigenvalue weighted by Crippen LogP contribution is -2.42. The zero-order valence-electron chi connectivity index (χ0n) is 17.5. The van der Waals surface area contributed by atoms with Gasteiger partial charge in [-0.2, -0.15) is 5.10 Å². The van der Waals surface area contributed by atoms with Gasteiger partial charge in [0.1, 0.15) is 19.0 Å². The smallest absolute Gasteiger partial charge is 0.244 e. The van der Waals surface area contributed by atoms with Crippen LogP contribution < -0.4 is 14.8 Å². The molecule has 0 saturated heterocycles. The molecule has 0 aliphatic carbocycles. The number of fused-ring (bicyclic) bond motifs is 1. The highest BCUT2D eigenvalue weighted by molar-refractivity contribution is 5.92. The lowest BCUT2D eigenvalue weighted by Gasteiger charge is -2.29. The Morgan fingerprint density at radius 3 is 2.75 bits per heavy atom. The molecule has 0 unspecified atom stereocenters. The van der Waals surface area contributed by atoms with Crippen molar-refractivity contribution in [3.63, 3.8) is 0 Å². The summed E-state index contributed by atoms with van der Waals surface area (Å²) in [5.74, 6) is 0.390. The molecule has 0 spiro atoms. The molecule has 9 heteroatoms. The van der Waals surface area contributed by atoms with Gasteiger partial charge >= 0.3 is 0 Å². The average Bonchev–Trinajstić information content (AvgIpc) is 3.21. The number of nitrogens with one attached hydrogen (secondary N) is 1. The normalized spacial score (nSPS) is 14.6. The number of para-hydroxylation sites is 2. The SMILES string of the molecule is CN(C[C@@H]1COc2ccccc2O1)C(=O)Cn1cc(NC(=O)Cc2ccccc2F)cn1. The van der Waals surface area contributed by atoms with Gasteiger partial charge in [0.25, 0.3) is 0 Å². The molecule has 1 atom stereocenters. The van der Waals surface area contributed by atoms with Gasteiger partial charge in [0.05, 0.1) is 24.8 Å². The minimum Gasteiger partial charge on any atom is -0.486 e. The molecular formula is C23H23FN4O4. The van der Waals surface area contributed by atoms with E-state index in [1.54, 1.807) is 36.3 Å². The largest absolute Gasteiger partial charge is 0.486 e. The first kappa shape index (κ1) is 21.4. The van der Waals surface area contributed by atoms with Gasteiger partial charge in [-0.15, -0.1) is 0 Å². The Morgan fingerprint density at radius 2 is 1.94 bits per heavy atom. The third-order valence-corrected chi connectivity index (χ3v) is 4.99. The summed E-state index contributed by atoms with van der Waals surface area (Å²) >= 11 is 0. The van der Waals surface area contributed by atoms with Crippen molar-refractivity contribution in [2.75, 3.05) is 25.5 Å². The molecule has 0 bridgehead atoms. The quantitative estimate of drug-likeness (QED) is 0.613. The van der Waals surface area contributed by atoms with Crippen molar-refractivity contribution in [3.05, 3.63) is 72.3 Å². The number of rotatable bonds is 7. The number of aromatic nitrogens is 2. The molecule has 0 radical (unpaired) electrons. The molecule has 1 aliphatic heterocycles. The molecule has 2 heterocycles. The lowest BCUT2D eigenvalue weighted by molar-refractivity contribution is -0.132. The molecule has 1 aromatic heterocycles. The monoisotopic (exact) mass is 438 g/mol. The maximum absolute atomic E-state index is 13.7. The van der Waals surface area contributed by atoms with Crippen molar-refractivity contribution in [1.29, 1.82) is 0 Å². The summed E-state index contributed by atoms with van der Waals surface area (Å²) in [6.07, 6.45) is 2.64. The zero-order valence-corrected chi connectivity index (χ0v) is 17.5. The minimum absolute atomic E-state index is 0.00382. The summed E-state index contributed by atoms with van der Waals surface area (Å²) in [4.78, 5) is 26.3. The first-order valence-electron chi connectivity index (χ1n) is 10.2. The zero-order chi connectivity index (χ0) is 22.5. The van der Waals surface area contributed by atoms with Gasteiger partial charge in [0.15, 0.2) is 17.6 Å². The van der Waals surface area contributed by atoms with E-state index in [-0.39, 0.29) is 30.9 Å². The highest BCUT2D eigenvalue weighted by Gasteiger charge is 2.24. The van der Waals surface area contributed by atoms with Crippen molar-refractivity contribution in [1.82, 2.24) is 14.7 Å². The summed E-state index contributed by atoms with van der Waals surface area (Å²) in [5.41, 5.74) is 0.744. The second-order valence-corrected chi connectivity index (χ2v) is 7.51. The van der Waals surface area contributed by atoms with Crippen LogP contribution in [0.4, 0.5) is 10.1 Å². The van der Waals surface area contributed by atoms with Crippen molar-refractivity contribution < 1.29 is 23.5 Å². The second-order valence-electron chi connectivity index (χ2n) is 7.51. The third-order valence-electron chi connectivity index (χ3n) is 4.99. The Labute approximate surface area is 184 Å². The fourth-order valence-corrected chi connectivity index (χ4v) is 3.35. The number of carbonyl (C=O) groups is 2. The molecule has 166 valence electrons. The average molecular weight is 438 g/mol. The van der Waals surface area contributed by atoms with Crippen molar-refractivity contribution in [2.45, 2.75) is 19.1 Å². The Kier molecular flexibility index (Phi) is 6.34. The molecular weight excluding hydrogens is 415 g/mol. The molecule has 0 fully saturated rings. The van der Waals surface area contributed by atoms with Gasteiger partial charge in [-0.1, -0.05) is 30.3 Å². The predicted molar refractivity (Wildman–Crippen MR) is 115 cm³/mol. The fraction of sp³-hybridized carbons (Fsp3) is 0.261. The predicted octanol–water partition coefficient (Wildman–Crippen LogP) is 2.50. The van der Waals surface area contributed by atoms with Gasteiger partial charge < -0.3 is 19.7 Å². The van der Waals surface area contributed by atoms with E-state index in [1.807, 2.05) is 24.3 Å². The Bertz CT molecular complexity index is 1120. The first-order chi connectivity index (χ1) is 15.5. The van der Waals surface area contributed by atoms with E-state index in [1.165, 1.54) is 16.9 Å². The van der Waals surface area contributed by atoms with Gasteiger partial charge in [-0.05, 0) is 23.8 Å². The maximum atomic E-state index is 13.7. The van der Waals surface area contributed by atoms with E-state index in [4.69, 9.17) is 9.47 Å². The molecule has 3 aromatic rings. The number of hydrogen-bond donors (Lipinski definition) is 1. The number of amides is 2. The number of anilines is 1. The van der Waals surface area contributed by atoms with Crippen LogP contribution >= 0.6 is 0 Å². The summed E-state index contributed by atoms with van der Waals surface area (Å²) in [6.45, 7) is 0.721. The number of benzene rings is 2. The van der Waals surface area contributed by atoms with Crippen LogP contribution in [0.5, 0.6) is 11.5 Å². The van der Waals surface area contributed by atoms with Crippen LogP contribution in [0.15, 0.2) is 60.9 Å². The number of ether oxygens (including phenoxy) is 2. The van der Waals surface area contributed by atoms with E-state index >= 15 is 0 Å². The van der Waals surface area contributed by atoms with Crippen LogP contribution in [0.2, 0.25) is 0 Å². The van der Waals surface area contributed by atoms with Crippen LogP contribution in [0.3, 0.4) is 0 Å². The molecule has 2 aromatic carbocycles.